The van der Waals surface area contributed by atoms with Gasteiger partial charge in [0.25, 0.3) is 11.1 Å². The van der Waals surface area contributed by atoms with Crippen molar-refractivity contribution in [3.8, 4) is 11.5 Å². The van der Waals surface area contributed by atoms with E-state index in [-0.39, 0.29) is 11.1 Å². The number of rotatable bonds is 7. The van der Waals surface area contributed by atoms with Crippen LogP contribution in [0.2, 0.25) is 0 Å². The number of nitrogens with zero attached hydrogens (tertiary/aromatic N) is 4. The Hall–Kier alpha value is -3.50. The first-order valence-corrected chi connectivity index (χ1v) is 12.0. The summed E-state index contributed by atoms with van der Waals surface area (Å²) in [4.78, 5) is 39.1. The van der Waals surface area contributed by atoms with Gasteiger partial charge in [0.15, 0.2) is 5.76 Å². The van der Waals surface area contributed by atoms with Gasteiger partial charge < -0.3 is 14.6 Å². The molecule has 5 rings (SSSR count). The van der Waals surface area contributed by atoms with Gasteiger partial charge in [-0.25, -0.2) is 9.97 Å². The Morgan fingerprint density at radius 2 is 2.03 bits per heavy atom. The minimum absolute atomic E-state index is 0.350. The lowest BCUT2D eigenvalue weighted by Crippen LogP contribution is -2.38. The highest BCUT2D eigenvalue weighted by Crippen LogP contribution is 2.26. The smallest absolute Gasteiger partial charge is 0.290 e. The van der Waals surface area contributed by atoms with Crippen LogP contribution >= 0.6 is 11.8 Å². The normalized spacial score (nSPS) is 18.0. The fourth-order valence-electron chi connectivity index (χ4n) is 4.11. The van der Waals surface area contributed by atoms with Gasteiger partial charge in [0.2, 0.25) is 5.95 Å². The highest BCUT2D eigenvalue weighted by molar-refractivity contribution is 8.18. The van der Waals surface area contributed by atoms with Gasteiger partial charge in [-0.3, -0.25) is 19.9 Å². The number of pyridine rings is 1. The van der Waals surface area contributed by atoms with Gasteiger partial charge in [0.1, 0.15) is 5.69 Å². The quantitative estimate of drug-likeness (QED) is 0.495. The van der Waals surface area contributed by atoms with E-state index in [9.17, 15) is 9.59 Å². The summed E-state index contributed by atoms with van der Waals surface area (Å²) in [6.07, 6.45) is 8.83. The first-order chi connectivity index (χ1) is 16.7. The molecule has 0 spiro atoms. The van der Waals surface area contributed by atoms with Gasteiger partial charge in [-0.05, 0) is 73.0 Å². The molecule has 2 saturated heterocycles. The van der Waals surface area contributed by atoms with Gasteiger partial charge in [-0.2, -0.15) is 0 Å². The van der Waals surface area contributed by atoms with E-state index in [1.807, 2.05) is 18.2 Å². The Bertz CT molecular complexity index is 1200. The molecule has 3 aromatic heterocycles. The monoisotopic (exact) mass is 476 g/mol. The van der Waals surface area contributed by atoms with Crippen molar-refractivity contribution in [1.82, 2.24) is 25.6 Å². The Balaban J connectivity index is 1.13. The van der Waals surface area contributed by atoms with Crippen LogP contribution in [0.25, 0.3) is 17.5 Å². The molecule has 0 unspecified atom stereocenters. The second kappa shape index (κ2) is 10.2. The van der Waals surface area contributed by atoms with Crippen molar-refractivity contribution >= 4 is 34.9 Å². The van der Waals surface area contributed by atoms with E-state index in [2.05, 4.69) is 36.6 Å². The number of hydrogen-bond acceptors (Lipinski definition) is 9. The first-order valence-electron chi connectivity index (χ1n) is 11.2. The van der Waals surface area contributed by atoms with E-state index < -0.39 is 0 Å². The van der Waals surface area contributed by atoms with E-state index in [4.69, 9.17) is 4.42 Å². The Kier molecular flexibility index (Phi) is 6.68. The molecule has 10 heteroatoms. The second-order valence-corrected chi connectivity index (χ2v) is 9.20. The summed E-state index contributed by atoms with van der Waals surface area (Å²) in [5.41, 5.74) is 2.61. The molecule has 2 aliphatic heterocycles. The minimum atomic E-state index is -0.383. The number of anilines is 1. The van der Waals surface area contributed by atoms with Crippen LogP contribution < -0.4 is 15.5 Å². The van der Waals surface area contributed by atoms with Gasteiger partial charge in [-0.1, -0.05) is 6.07 Å². The molecule has 2 amide bonds. The van der Waals surface area contributed by atoms with Crippen molar-refractivity contribution < 1.29 is 14.0 Å². The number of thioether (sulfide) groups is 1. The SMILES string of the molecule is O=C1NC(=O)/C(=C\c2ccnc(N3CCC(CNCc4cccnc4-c4ccco4)CC3)n2)S1. The third-order valence-corrected chi connectivity index (χ3v) is 6.69. The molecule has 0 bridgehead atoms. The zero-order valence-corrected chi connectivity index (χ0v) is 19.3. The van der Waals surface area contributed by atoms with Crippen LogP contribution in [0, 0.1) is 5.92 Å². The predicted molar refractivity (Wildman–Crippen MR) is 130 cm³/mol. The van der Waals surface area contributed by atoms with Crippen LogP contribution in [-0.2, 0) is 11.3 Å². The molecule has 2 aliphatic rings. The summed E-state index contributed by atoms with van der Waals surface area (Å²) in [6, 6.07) is 9.55. The lowest BCUT2D eigenvalue weighted by molar-refractivity contribution is -0.115. The number of carbonyl (C=O) groups excluding carboxylic acids is 2. The topological polar surface area (TPSA) is 113 Å². The van der Waals surface area contributed by atoms with Gasteiger partial charge >= 0.3 is 0 Å². The molecular formula is C24H24N6O3S. The highest BCUT2D eigenvalue weighted by atomic mass is 32.2. The fraction of sp³-hybridized carbons (Fsp3) is 0.292. The molecule has 3 aromatic rings. The predicted octanol–water partition coefficient (Wildman–Crippen LogP) is 3.46. The third-order valence-electron chi connectivity index (χ3n) is 5.88. The average molecular weight is 477 g/mol. The summed E-state index contributed by atoms with van der Waals surface area (Å²) >= 11 is 0.888. The number of imide groups is 1. The van der Waals surface area contributed by atoms with Crippen LogP contribution in [0.3, 0.4) is 0 Å². The largest absolute Gasteiger partial charge is 0.463 e. The first kappa shape index (κ1) is 22.3. The summed E-state index contributed by atoms with van der Waals surface area (Å²) in [6.45, 7) is 3.39. The molecular weight excluding hydrogens is 452 g/mol. The number of piperidine rings is 1. The summed E-state index contributed by atoms with van der Waals surface area (Å²) in [5, 5.41) is 5.48. The molecule has 0 saturated carbocycles. The van der Waals surface area contributed by atoms with Crippen LogP contribution in [-0.4, -0.2) is 45.7 Å². The van der Waals surface area contributed by atoms with Crippen LogP contribution in [0.1, 0.15) is 24.1 Å². The molecule has 34 heavy (non-hydrogen) atoms. The van der Waals surface area contributed by atoms with E-state index in [1.165, 1.54) is 0 Å². The van der Waals surface area contributed by atoms with E-state index in [0.29, 0.717) is 22.5 Å². The summed E-state index contributed by atoms with van der Waals surface area (Å²) in [5.74, 6) is 1.61. The molecule has 2 N–H and O–H groups in total. The molecule has 0 aliphatic carbocycles. The molecule has 0 aromatic carbocycles. The second-order valence-electron chi connectivity index (χ2n) is 8.18. The zero-order chi connectivity index (χ0) is 23.3. The number of aromatic nitrogens is 3. The lowest BCUT2D eigenvalue weighted by Gasteiger charge is -2.32. The van der Waals surface area contributed by atoms with E-state index in [0.717, 1.165) is 67.8 Å². The van der Waals surface area contributed by atoms with Crippen molar-refractivity contribution in [2.24, 2.45) is 5.92 Å². The van der Waals surface area contributed by atoms with Gasteiger partial charge in [0, 0.05) is 32.0 Å². The lowest BCUT2D eigenvalue weighted by atomic mass is 9.97. The number of hydrogen-bond donors (Lipinski definition) is 2. The van der Waals surface area contributed by atoms with Crippen molar-refractivity contribution in [2.45, 2.75) is 19.4 Å². The average Bonchev–Trinajstić information content (AvgIpc) is 3.50. The fourth-order valence-corrected chi connectivity index (χ4v) is 4.78. The van der Waals surface area contributed by atoms with Crippen molar-refractivity contribution in [3.63, 3.8) is 0 Å². The maximum atomic E-state index is 11.8. The summed E-state index contributed by atoms with van der Waals surface area (Å²) in [7, 11) is 0. The number of nitrogens with one attached hydrogen (secondary N) is 2. The van der Waals surface area contributed by atoms with Gasteiger partial charge in [0.05, 0.1) is 16.9 Å². The maximum absolute atomic E-state index is 11.8. The number of amides is 2. The van der Waals surface area contributed by atoms with Crippen LogP contribution in [0.4, 0.5) is 10.7 Å². The van der Waals surface area contributed by atoms with Crippen molar-refractivity contribution in [2.75, 3.05) is 24.5 Å². The number of carbonyl (C=O) groups is 2. The molecule has 0 atom stereocenters. The van der Waals surface area contributed by atoms with Crippen molar-refractivity contribution in [1.29, 1.82) is 0 Å². The Morgan fingerprint density at radius 3 is 2.79 bits per heavy atom. The highest BCUT2D eigenvalue weighted by Gasteiger charge is 2.26. The molecule has 9 nitrogen and oxygen atoms in total. The zero-order valence-electron chi connectivity index (χ0n) is 18.4. The van der Waals surface area contributed by atoms with E-state index >= 15 is 0 Å². The van der Waals surface area contributed by atoms with Crippen LogP contribution in [0.15, 0.2) is 58.3 Å². The van der Waals surface area contributed by atoms with Crippen molar-refractivity contribution in [3.05, 3.63) is 65.2 Å². The Labute approximate surface area is 201 Å². The van der Waals surface area contributed by atoms with E-state index in [1.54, 1.807) is 30.8 Å². The number of furan rings is 1. The maximum Gasteiger partial charge on any atom is 0.290 e. The standard InChI is InChI=1S/C24H24N6O3S/c31-22-20(34-24(32)29-22)13-18-5-9-27-23(28-18)30-10-6-16(7-11-30)14-25-15-17-3-1-8-26-21(17)19-4-2-12-33-19/h1-5,8-9,12-13,16,25H,6-7,10-11,14-15H2,(H,29,31,32)/b20-13+. The molecule has 2 fully saturated rings. The Morgan fingerprint density at radius 1 is 1.15 bits per heavy atom. The molecule has 174 valence electrons. The third kappa shape index (κ3) is 5.18. The molecule has 5 heterocycles. The minimum Gasteiger partial charge on any atom is -0.463 e. The molecule has 0 radical (unpaired) electrons. The van der Waals surface area contributed by atoms with Crippen LogP contribution in [0.5, 0.6) is 0 Å². The van der Waals surface area contributed by atoms with Gasteiger partial charge in [-0.15, -0.1) is 0 Å². The summed E-state index contributed by atoms with van der Waals surface area (Å²) < 4.78 is 5.52.